The van der Waals surface area contributed by atoms with Gasteiger partial charge in [-0.1, -0.05) is 29.8 Å². The number of nitrogen functional groups attached to an aromatic ring is 1. The normalized spacial score (nSPS) is 10.4. The fraction of sp³-hybridized carbons (Fsp3) is 0.100. The van der Waals surface area contributed by atoms with Crippen LogP contribution in [0.1, 0.15) is 23.0 Å². The number of aromatic nitrogens is 2. The molecule has 1 heterocycles. The van der Waals surface area contributed by atoms with Crippen molar-refractivity contribution in [1.82, 2.24) is 14.7 Å². The minimum absolute atomic E-state index is 0.0613. The van der Waals surface area contributed by atoms with Gasteiger partial charge in [0.15, 0.2) is 11.5 Å². The molecule has 3 rings (SSSR count). The molecule has 4 N–H and O–H groups in total. The monoisotopic (exact) mass is 393 g/mol. The molecule has 28 heavy (non-hydrogen) atoms. The number of hydrogen-bond donors (Lipinski definition) is 3. The molecule has 2 amide bonds. The van der Waals surface area contributed by atoms with Crippen LogP contribution in [0.3, 0.4) is 0 Å². The van der Waals surface area contributed by atoms with Crippen molar-refractivity contribution in [3.63, 3.8) is 0 Å². The van der Waals surface area contributed by atoms with E-state index in [2.05, 4.69) is 20.0 Å². The summed E-state index contributed by atoms with van der Waals surface area (Å²) in [5.41, 5.74) is 9.06. The molecule has 2 aromatic carbocycles. The molecule has 0 bridgehead atoms. The van der Waals surface area contributed by atoms with Crippen LogP contribution in [0.2, 0.25) is 0 Å². The van der Waals surface area contributed by atoms with Crippen LogP contribution in [0.15, 0.2) is 59.6 Å². The topological polar surface area (TPSA) is 110 Å². The number of hydrogen-bond acceptors (Lipinski definition) is 6. The van der Waals surface area contributed by atoms with Crippen LogP contribution in [0.25, 0.3) is 11.3 Å². The quantitative estimate of drug-likeness (QED) is 0.573. The smallest absolute Gasteiger partial charge is 0.278 e. The molecule has 0 radical (unpaired) electrons. The van der Waals surface area contributed by atoms with Crippen LogP contribution in [0.4, 0.5) is 11.5 Å². The second kappa shape index (κ2) is 8.53. The van der Waals surface area contributed by atoms with Crippen molar-refractivity contribution in [2.75, 3.05) is 11.1 Å². The fourth-order valence-corrected chi connectivity index (χ4v) is 2.89. The molecule has 0 aliphatic heterocycles. The Morgan fingerprint density at radius 2 is 1.71 bits per heavy atom. The fourth-order valence-electron chi connectivity index (χ4n) is 2.36. The average Bonchev–Trinajstić information content (AvgIpc) is 2.68. The third-order valence-electron chi connectivity index (χ3n) is 3.79. The molecular formula is C20H19N5O2S. The number of carbonyl (C=O) groups excluding carboxylic acids is 2. The van der Waals surface area contributed by atoms with E-state index in [1.165, 1.54) is 18.9 Å². The number of nitrogens with zero attached hydrogens (tertiary/aromatic N) is 2. The molecular weight excluding hydrogens is 374 g/mol. The molecule has 1 aromatic heterocycles. The van der Waals surface area contributed by atoms with E-state index in [0.29, 0.717) is 11.4 Å². The molecule has 0 unspecified atom stereocenters. The van der Waals surface area contributed by atoms with Gasteiger partial charge < -0.3 is 11.1 Å². The highest BCUT2D eigenvalue weighted by Crippen LogP contribution is 2.21. The molecule has 0 saturated carbocycles. The standard InChI is InChI=1S/C20H19N5O2S/c1-12-3-5-14(6-4-12)17-11-22-19(21)18(24-17)20(27)23-15-7-9-16(10-8-15)28-25-13(2)26/h3-11H,1-2H3,(H2,21,22)(H,23,27)(H,25,26). The largest absolute Gasteiger partial charge is 0.382 e. The van der Waals surface area contributed by atoms with E-state index >= 15 is 0 Å². The first-order valence-electron chi connectivity index (χ1n) is 8.47. The zero-order valence-electron chi connectivity index (χ0n) is 15.4. The molecule has 0 spiro atoms. The summed E-state index contributed by atoms with van der Waals surface area (Å²) in [6.07, 6.45) is 1.55. The lowest BCUT2D eigenvalue weighted by Gasteiger charge is -2.09. The van der Waals surface area contributed by atoms with Gasteiger partial charge in [-0.25, -0.2) is 9.97 Å². The van der Waals surface area contributed by atoms with Gasteiger partial charge in [-0.05, 0) is 43.1 Å². The number of anilines is 2. The summed E-state index contributed by atoms with van der Waals surface area (Å²) in [7, 11) is 0. The molecule has 142 valence electrons. The highest BCUT2D eigenvalue weighted by atomic mass is 32.2. The average molecular weight is 393 g/mol. The van der Waals surface area contributed by atoms with Crippen molar-refractivity contribution in [2.24, 2.45) is 0 Å². The third kappa shape index (κ3) is 4.86. The van der Waals surface area contributed by atoms with Crippen LogP contribution in [0, 0.1) is 6.92 Å². The highest BCUT2D eigenvalue weighted by Gasteiger charge is 2.15. The summed E-state index contributed by atoms with van der Waals surface area (Å²) in [4.78, 5) is 32.9. The van der Waals surface area contributed by atoms with Gasteiger partial charge in [-0.2, -0.15) is 0 Å². The first-order valence-corrected chi connectivity index (χ1v) is 9.28. The minimum atomic E-state index is -0.443. The Morgan fingerprint density at radius 3 is 2.36 bits per heavy atom. The van der Waals surface area contributed by atoms with Gasteiger partial charge in [0.05, 0.1) is 11.9 Å². The molecule has 0 fully saturated rings. The third-order valence-corrected chi connectivity index (χ3v) is 4.69. The summed E-state index contributed by atoms with van der Waals surface area (Å²) in [5, 5.41) is 2.76. The van der Waals surface area contributed by atoms with Crippen molar-refractivity contribution in [3.8, 4) is 11.3 Å². The number of carbonyl (C=O) groups is 2. The van der Waals surface area contributed by atoms with Crippen molar-refractivity contribution in [2.45, 2.75) is 18.7 Å². The number of rotatable bonds is 5. The van der Waals surface area contributed by atoms with Gasteiger partial charge in [-0.3, -0.25) is 14.3 Å². The van der Waals surface area contributed by atoms with Gasteiger partial charge in [0.25, 0.3) is 5.91 Å². The Balaban J connectivity index is 1.76. The predicted molar refractivity (Wildman–Crippen MR) is 111 cm³/mol. The molecule has 0 atom stereocenters. The van der Waals surface area contributed by atoms with Crippen molar-refractivity contribution < 1.29 is 9.59 Å². The molecule has 0 aliphatic rings. The van der Waals surface area contributed by atoms with Crippen molar-refractivity contribution in [1.29, 1.82) is 0 Å². The molecule has 0 aliphatic carbocycles. The number of aryl methyl sites for hydroxylation is 1. The zero-order chi connectivity index (χ0) is 20.1. The Bertz CT molecular complexity index is 1000. The Kier molecular flexibility index (Phi) is 5.90. The molecule has 7 nitrogen and oxygen atoms in total. The lowest BCUT2D eigenvalue weighted by molar-refractivity contribution is -0.117. The maximum Gasteiger partial charge on any atom is 0.278 e. The van der Waals surface area contributed by atoms with E-state index in [1.54, 1.807) is 30.5 Å². The van der Waals surface area contributed by atoms with Crippen LogP contribution in [-0.2, 0) is 4.79 Å². The first-order chi connectivity index (χ1) is 13.4. The Morgan fingerprint density at radius 1 is 1.04 bits per heavy atom. The van der Waals surface area contributed by atoms with Gasteiger partial charge in [0.2, 0.25) is 5.91 Å². The van der Waals surface area contributed by atoms with Gasteiger partial charge in [0, 0.05) is 23.1 Å². The van der Waals surface area contributed by atoms with Gasteiger partial charge >= 0.3 is 0 Å². The lowest BCUT2D eigenvalue weighted by Crippen LogP contribution is -2.17. The minimum Gasteiger partial charge on any atom is -0.382 e. The number of nitrogens with two attached hydrogens (primary N) is 1. The lowest BCUT2D eigenvalue weighted by atomic mass is 10.1. The highest BCUT2D eigenvalue weighted by molar-refractivity contribution is 7.98. The molecule has 8 heteroatoms. The van der Waals surface area contributed by atoms with E-state index in [1.807, 2.05) is 31.2 Å². The van der Waals surface area contributed by atoms with Crippen molar-refractivity contribution in [3.05, 3.63) is 66.0 Å². The van der Waals surface area contributed by atoms with Crippen molar-refractivity contribution >= 4 is 35.3 Å². The summed E-state index contributed by atoms with van der Waals surface area (Å²) < 4.78 is 2.64. The maximum atomic E-state index is 12.6. The molecule has 0 saturated heterocycles. The summed E-state index contributed by atoms with van der Waals surface area (Å²) in [6, 6.07) is 14.8. The summed E-state index contributed by atoms with van der Waals surface area (Å²) in [6.45, 7) is 3.44. The van der Waals surface area contributed by atoms with Crippen LogP contribution < -0.4 is 15.8 Å². The van der Waals surface area contributed by atoms with E-state index in [-0.39, 0.29) is 17.4 Å². The predicted octanol–water partition coefficient (Wildman–Crippen LogP) is 3.43. The number of amides is 2. The second-order valence-corrected chi connectivity index (χ2v) is 6.97. The summed E-state index contributed by atoms with van der Waals surface area (Å²) >= 11 is 1.20. The van der Waals surface area contributed by atoms with Crippen LogP contribution >= 0.6 is 11.9 Å². The van der Waals surface area contributed by atoms with E-state index < -0.39 is 5.91 Å². The Hall–Kier alpha value is -3.39. The Labute approximate surface area is 166 Å². The maximum absolute atomic E-state index is 12.6. The van der Waals surface area contributed by atoms with Gasteiger partial charge in [-0.15, -0.1) is 0 Å². The number of benzene rings is 2. The zero-order valence-corrected chi connectivity index (χ0v) is 16.2. The molecule has 3 aromatic rings. The van der Waals surface area contributed by atoms with Crippen LogP contribution in [0.5, 0.6) is 0 Å². The number of nitrogens with one attached hydrogen (secondary N) is 2. The van der Waals surface area contributed by atoms with Gasteiger partial charge in [0.1, 0.15) is 0 Å². The second-order valence-electron chi connectivity index (χ2n) is 6.09. The van der Waals surface area contributed by atoms with Crippen LogP contribution in [-0.4, -0.2) is 21.8 Å². The van der Waals surface area contributed by atoms with E-state index in [9.17, 15) is 9.59 Å². The van der Waals surface area contributed by atoms with E-state index in [0.717, 1.165) is 16.0 Å². The SMILES string of the molecule is CC(=O)NSc1ccc(NC(=O)c2nc(-c3ccc(C)cc3)cnc2N)cc1. The first kappa shape index (κ1) is 19.4. The summed E-state index contributed by atoms with van der Waals surface area (Å²) in [5.74, 6) is -0.516. The van der Waals surface area contributed by atoms with E-state index in [4.69, 9.17) is 5.73 Å².